The molecular weight excluding hydrogens is 272 g/mol. The zero-order valence-electron chi connectivity index (χ0n) is 12.8. The summed E-state index contributed by atoms with van der Waals surface area (Å²) in [6.07, 6.45) is 6.78. The lowest BCUT2D eigenvalue weighted by Gasteiger charge is -2.37. The predicted octanol–water partition coefficient (Wildman–Crippen LogP) is 1.40. The monoisotopic (exact) mass is 302 g/mol. The fourth-order valence-electron chi connectivity index (χ4n) is 2.54. The van der Waals surface area contributed by atoms with Crippen LogP contribution in [0.3, 0.4) is 0 Å². The van der Waals surface area contributed by atoms with Gasteiger partial charge in [-0.3, -0.25) is 0 Å². The Labute approximate surface area is 127 Å². The molecule has 3 N–H and O–H groups in total. The Balaban J connectivity index is 2.06. The number of hydrogen-bond acceptors (Lipinski definition) is 5. The highest BCUT2D eigenvalue weighted by atomic mass is 16.6. The van der Waals surface area contributed by atoms with Crippen LogP contribution in [0.1, 0.15) is 44.9 Å². The van der Waals surface area contributed by atoms with Gasteiger partial charge in [0.05, 0.1) is 13.2 Å². The molecule has 0 bridgehead atoms. The molecule has 0 aliphatic carbocycles. The average Bonchev–Trinajstić information content (AvgIpc) is 2.48. The fourth-order valence-corrected chi connectivity index (χ4v) is 2.54. The first-order chi connectivity index (χ1) is 10.2. The largest absolute Gasteiger partial charge is 0.394 e. The van der Waals surface area contributed by atoms with Crippen molar-refractivity contribution in [1.82, 2.24) is 0 Å². The van der Waals surface area contributed by atoms with Crippen molar-refractivity contribution in [3.63, 3.8) is 0 Å². The van der Waals surface area contributed by atoms with Crippen LogP contribution >= 0.6 is 0 Å². The van der Waals surface area contributed by atoms with Crippen LogP contribution < -0.4 is 0 Å². The minimum absolute atomic E-state index is 0.0935. The Morgan fingerprint density at radius 1 is 1.10 bits per heavy atom. The summed E-state index contributed by atoms with van der Waals surface area (Å²) in [5, 5.41) is 28.8. The maximum Gasteiger partial charge on any atom is 0.114 e. The van der Waals surface area contributed by atoms with E-state index in [0.717, 1.165) is 19.3 Å². The smallest absolute Gasteiger partial charge is 0.114 e. The number of hydrogen-bond donors (Lipinski definition) is 3. The van der Waals surface area contributed by atoms with Crippen molar-refractivity contribution >= 4 is 0 Å². The molecule has 0 amide bonds. The molecule has 1 aliphatic heterocycles. The first kappa shape index (κ1) is 18.6. The third kappa shape index (κ3) is 6.89. The normalized spacial score (nSPS) is 29.5. The van der Waals surface area contributed by atoms with Gasteiger partial charge in [-0.05, 0) is 19.3 Å². The van der Waals surface area contributed by atoms with Gasteiger partial charge in [-0.15, -0.1) is 6.58 Å². The van der Waals surface area contributed by atoms with Crippen LogP contribution in [0.4, 0.5) is 0 Å². The van der Waals surface area contributed by atoms with E-state index in [4.69, 9.17) is 14.6 Å². The summed E-state index contributed by atoms with van der Waals surface area (Å²) in [4.78, 5) is 0. The lowest BCUT2D eigenvalue weighted by Crippen LogP contribution is -2.55. The lowest BCUT2D eigenvalue weighted by molar-refractivity contribution is -0.210. The minimum Gasteiger partial charge on any atom is -0.394 e. The molecule has 0 aromatic rings. The Hall–Kier alpha value is -0.460. The van der Waals surface area contributed by atoms with E-state index in [0.29, 0.717) is 6.61 Å². The van der Waals surface area contributed by atoms with Crippen LogP contribution in [0.25, 0.3) is 0 Å². The highest BCUT2D eigenvalue weighted by Crippen LogP contribution is 2.19. The van der Waals surface area contributed by atoms with Crippen molar-refractivity contribution in [1.29, 1.82) is 0 Å². The van der Waals surface area contributed by atoms with Crippen molar-refractivity contribution in [3.8, 4) is 0 Å². The molecular formula is C16H30O5. The van der Waals surface area contributed by atoms with E-state index in [-0.39, 0.29) is 13.2 Å². The summed E-state index contributed by atoms with van der Waals surface area (Å²) in [6.45, 7) is 4.05. The maximum atomic E-state index is 9.94. The molecule has 21 heavy (non-hydrogen) atoms. The second-order valence-electron chi connectivity index (χ2n) is 5.65. The van der Waals surface area contributed by atoms with Gasteiger partial charge < -0.3 is 24.8 Å². The Bertz CT molecular complexity index is 271. The quantitative estimate of drug-likeness (QED) is 0.397. The number of rotatable bonds is 11. The standard InChI is InChI=1S/C16H30O5/c1-2-3-4-5-6-7-8-9-10-20-16-13(18)12-21-14(11-17)15(16)19/h2,13-19H,1,3-12H2/t13-,14+,15+,16+/m1/s1. The number of ether oxygens (including phenoxy) is 2. The molecule has 1 heterocycles. The van der Waals surface area contributed by atoms with Gasteiger partial charge in [-0.1, -0.05) is 31.8 Å². The molecule has 124 valence electrons. The maximum absolute atomic E-state index is 9.94. The van der Waals surface area contributed by atoms with Crippen LogP contribution in [0.5, 0.6) is 0 Å². The fraction of sp³-hybridized carbons (Fsp3) is 0.875. The molecule has 5 nitrogen and oxygen atoms in total. The first-order valence-corrected chi connectivity index (χ1v) is 8.01. The van der Waals surface area contributed by atoms with Crippen LogP contribution in [0, 0.1) is 0 Å². The van der Waals surface area contributed by atoms with E-state index in [2.05, 4.69) is 6.58 Å². The summed E-state index contributed by atoms with van der Waals surface area (Å²) in [7, 11) is 0. The summed E-state index contributed by atoms with van der Waals surface area (Å²) in [5.74, 6) is 0. The summed E-state index contributed by atoms with van der Waals surface area (Å²) in [5.41, 5.74) is 0. The summed E-state index contributed by atoms with van der Waals surface area (Å²) >= 11 is 0. The zero-order valence-corrected chi connectivity index (χ0v) is 12.8. The van der Waals surface area contributed by atoms with E-state index in [1.54, 1.807) is 0 Å². The van der Waals surface area contributed by atoms with Gasteiger partial charge in [-0.2, -0.15) is 0 Å². The van der Waals surface area contributed by atoms with Gasteiger partial charge >= 0.3 is 0 Å². The number of aliphatic hydroxyl groups excluding tert-OH is 3. The number of allylic oxidation sites excluding steroid dienone is 1. The molecule has 1 rings (SSSR count). The van der Waals surface area contributed by atoms with Crippen LogP contribution in [0.2, 0.25) is 0 Å². The molecule has 0 radical (unpaired) electrons. The molecule has 0 saturated carbocycles. The highest BCUT2D eigenvalue weighted by molar-refractivity contribution is 4.87. The SMILES string of the molecule is C=CCCCCCCCCO[C@@H]1[C@@H](O)[C@H](CO)OC[C@H]1O. The number of aliphatic hydroxyl groups is 3. The van der Waals surface area contributed by atoms with Crippen LogP contribution in [-0.4, -0.2) is 59.6 Å². The second-order valence-corrected chi connectivity index (χ2v) is 5.65. The zero-order chi connectivity index (χ0) is 15.5. The van der Waals surface area contributed by atoms with Crippen LogP contribution in [-0.2, 0) is 9.47 Å². The van der Waals surface area contributed by atoms with Crippen molar-refractivity contribution in [2.75, 3.05) is 19.8 Å². The minimum atomic E-state index is -0.974. The molecule has 0 unspecified atom stereocenters. The topological polar surface area (TPSA) is 79.2 Å². The highest BCUT2D eigenvalue weighted by Gasteiger charge is 2.38. The van der Waals surface area contributed by atoms with E-state index in [9.17, 15) is 10.2 Å². The molecule has 0 spiro atoms. The van der Waals surface area contributed by atoms with Gasteiger partial charge in [0.25, 0.3) is 0 Å². The second kappa shape index (κ2) is 11.2. The Kier molecular flexibility index (Phi) is 9.87. The molecule has 0 aromatic heterocycles. The molecule has 1 aliphatic rings. The van der Waals surface area contributed by atoms with E-state index >= 15 is 0 Å². The van der Waals surface area contributed by atoms with E-state index in [1.165, 1.54) is 25.7 Å². The Morgan fingerprint density at radius 2 is 1.76 bits per heavy atom. The molecule has 4 atom stereocenters. The summed E-state index contributed by atoms with van der Waals surface area (Å²) in [6, 6.07) is 0. The number of unbranched alkanes of at least 4 members (excludes halogenated alkanes) is 6. The van der Waals surface area contributed by atoms with Gasteiger partial charge in [0.2, 0.25) is 0 Å². The molecule has 1 fully saturated rings. The van der Waals surface area contributed by atoms with Crippen molar-refractivity contribution < 1.29 is 24.8 Å². The van der Waals surface area contributed by atoms with Crippen molar-refractivity contribution in [2.24, 2.45) is 0 Å². The lowest BCUT2D eigenvalue weighted by atomic mass is 10.0. The predicted molar refractivity (Wildman–Crippen MR) is 81.1 cm³/mol. The van der Waals surface area contributed by atoms with Gasteiger partial charge in [0.1, 0.15) is 24.4 Å². The first-order valence-electron chi connectivity index (χ1n) is 8.01. The van der Waals surface area contributed by atoms with Gasteiger partial charge in [0, 0.05) is 6.61 Å². The van der Waals surface area contributed by atoms with Crippen molar-refractivity contribution in [3.05, 3.63) is 12.7 Å². The molecule has 1 saturated heterocycles. The van der Waals surface area contributed by atoms with Gasteiger partial charge in [-0.25, -0.2) is 0 Å². The Morgan fingerprint density at radius 3 is 2.43 bits per heavy atom. The third-order valence-electron chi connectivity index (χ3n) is 3.87. The van der Waals surface area contributed by atoms with Crippen LogP contribution in [0.15, 0.2) is 12.7 Å². The van der Waals surface area contributed by atoms with Crippen molar-refractivity contribution in [2.45, 2.75) is 69.4 Å². The molecule has 0 aromatic carbocycles. The summed E-state index contributed by atoms with van der Waals surface area (Å²) < 4.78 is 10.7. The molecule has 5 heteroatoms. The van der Waals surface area contributed by atoms with E-state index in [1.807, 2.05) is 6.08 Å². The average molecular weight is 302 g/mol. The van der Waals surface area contributed by atoms with Gasteiger partial charge in [0.15, 0.2) is 0 Å². The van der Waals surface area contributed by atoms with E-state index < -0.39 is 24.4 Å². The third-order valence-corrected chi connectivity index (χ3v) is 3.87.